The maximum atomic E-state index is 9.04. The van der Waals surface area contributed by atoms with Gasteiger partial charge in [-0.2, -0.15) is 0 Å². The SMILES string of the molecule is CC/C(=C\O)C1CCC(CC)CC1. The molecule has 0 aromatic carbocycles. The third-order valence-electron chi connectivity index (χ3n) is 3.52. The highest BCUT2D eigenvalue weighted by atomic mass is 16.2. The van der Waals surface area contributed by atoms with Gasteiger partial charge in [-0.25, -0.2) is 0 Å². The summed E-state index contributed by atoms with van der Waals surface area (Å²) < 4.78 is 0. The zero-order valence-electron chi connectivity index (χ0n) is 8.92. The summed E-state index contributed by atoms with van der Waals surface area (Å²) in [6.45, 7) is 4.42. The summed E-state index contributed by atoms with van der Waals surface area (Å²) in [5.74, 6) is 1.63. The Balaban J connectivity index is 2.40. The standard InChI is InChI=1S/C12H22O/c1-3-10-5-7-12(8-6-10)11(4-2)9-13/h9-10,12-13H,3-8H2,1-2H3/b11-9+. The molecule has 0 unspecified atom stereocenters. The van der Waals surface area contributed by atoms with Crippen molar-refractivity contribution in [3.05, 3.63) is 11.8 Å². The Labute approximate surface area is 81.9 Å². The van der Waals surface area contributed by atoms with Crippen LogP contribution in [0.2, 0.25) is 0 Å². The van der Waals surface area contributed by atoms with Crippen molar-refractivity contribution in [1.82, 2.24) is 0 Å². The van der Waals surface area contributed by atoms with E-state index in [2.05, 4.69) is 13.8 Å². The van der Waals surface area contributed by atoms with Crippen LogP contribution in [0.25, 0.3) is 0 Å². The second-order valence-electron chi connectivity index (χ2n) is 4.18. The van der Waals surface area contributed by atoms with Crippen molar-refractivity contribution in [2.75, 3.05) is 0 Å². The van der Waals surface area contributed by atoms with Crippen molar-refractivity contribution >= 4 is 0 Å². The predicted molar refractivity (Wildman–Crippen MR) is 56.7 cm³/mol. The first-order valence-electron chi connectivity index (χ1n) is 5.64. The average Bonchev–Trinajstić information content (AvgIpc) is 2.21. The minimum absolute atomic E-state index is 0.679. The van der Waals surface area contributed by atoms with Crippen molar-refractivity contribution in [3.63, 3.8) is 0 Å². The zero-order chi connectivity index (χ0) is 9.68. The summed E-state index contributed by atoms with van der Waals surface area (Å²) in [7, 11) is 0. The van der Waals surface area contributed by atoms with E-state index in [-0.39, 0.29) is 0 Å². The van der Waals surface area contributed by atoms with Gasteiger partial charge in [0.15, 0.2) is 0 Å². The average molecular weight is 182 g/mol. The van der Waals surface area contributed by atoms with Crippen LogP contribution in [0.15, 0.2) is 11.8 Å². The molecule has 1 aliphatic carbocycles. The Morgan fingerprint density at radius 2 is 1.85 bits per heavy atom. The highest BCUT2D eigenvalue weighted by Crippen LogP contribution is 2.35. The van der Waals surface area contributed by atoms with Crippen LogP contribution in [0, 0.1) is 11.8 Å². The fraction of sp³-hybridized carbons (Fsp3) is 0.833. The van der Waals surface area contributed by atoms with Crippen LogP contribution in [-0.2, 0) is 0 Å². The lowest BCUT2D eigenvalue weighted by Crippen LogP contribution is -2.15. The van der Waals surface area contributed by atoms with Gasteiger partial charge in [-0.1, -0.05) is 20.3 Å². The zero-order valence-corrected chi connectivity index (χ0v) is 8.92. The van der Waals surface area contributed by atoms with Gasteiger partial charge in [0.05, 0.1) is 6.26 Å². The lowest BCUT2D eigenvalue weighted by atomic mass is 9.77. The molecule has 0 aliphatic heterocycles. The summed E-state index contributed by atoms with van der Waals surface area (Å²) in [5.41, 5.74) is 1.26. The topological polar surface area (TPSA) is 20.2 Å². The van der Waals surface area contributed by atoms with Gasteiger partial charge >= 0.3 is 0 Å². The van der Waals surface area contributed by atoms with Gasteiger partial charge in [-0.05, 0) is 49.5 Å². The van der Waals surface area contributed by atoms with Gasteiger partial charge in [0, 0.05) is 0 Å². The number of aliphatic hydroxyl groups is 1. The summed E-state index contributed by atoms with van der Waals surface area (Å²) in [6, 6.07) is 0. The third kappa shape index (κ3) is 2.75. The molecule has 1 nitrogen and oxygen atoms in total. The minimum atomic E-state index is 0.679. The summed E-state index contributed by atoms with van der Waals surface area (Å²) in [4.78, 5) is 0. The molecule has 1 N–H and O–H groups in total. The maximum absolute atomic E-state index is 9.04. The minimum Gasteiger partial charge on any atom is -0.516 e. The Morgan fingerprint density at radius 3 is 2.23 bits per heavy atom. The van der Waals surface area contributed by atoms with Crippen LogP contribution >= 0.6 is 0 Å². The lowest BCUT2D eigenvalue weighted by Gasteiger charge is -2.28. The molecule has 1 fully saturated rings. The van der Waals surface area contributed by atoms with E-state index in [0.717, 1.165) is 12.3 Å². The quantitative estimate of drug-likeness (QED) is 0.653. The normalized spacial score (nSPS) is 30.5. The van der Waals surface area contributed by atoms with Gasteiger partial charge in [0.1, 0.15) is 0 Å². The first-order valence-corrected chi connectivity index (χ1v) is 5.64. The van der Waals surface area contributed by atoms with Crippen molar-refractivity contribution in [1.29, 1.82) is 0 Å². The molecule has 1 heteroatoms. The van der Waals surface area contributed by atoms with Crippen molar-refractivity contribution in [3.8, 4) is 0 Å². The van der Waals surface area contributed by atoms with Gasteiger partial charge < -0.3 is 5.11 Å². The van der Waals surface area contributed by atoms with Gasteiger partial charge in [0.25, 0.3) is 0 Å². The van der Waals surface area contributed by atoms with E-state index in [4.69, 9.17) is 5.11 Å². The number of rotatable bonds is 3. The van der Waals surface area contributed by atoms with E-state index in [1.54, 1.807) is 0 Å². The molecule has 0 amide bonds. The first kappa shape index (κ1) is 10.6. The highest BCUT2D eigenvalue weighted by molar-refractivity contribution is 5.03. The van der Waals surface area contributed by atoms with E-state index in [9.17, 15) is 0 Å². The fourth-order valence-electron chi connectivity index (χ4n) is 2.43. The molecular weight excluding hydrogens is 160 g/mol. The highest BCUT2D eigenvalue weighted by Gasteiger charge is 2.21. The molecule has 0 saturated heterocycles. The third-order valence-corrected chi connectivity index (χ3v) is 3.52. The molecular formula is C12H22O. The van der Waals surface area contributed by atoms with Crippen LogP contribution in [-0.4, -0.2) is 5.11 Å². The smallest absolute Gasteiger partial charge is 0.0786 e. The summed E-state index contributed by atoms with van der Waals surface area (Å²) >= 11 is 0. The van der Waals surface area contributed by atoms with Crippen molar-refractivity contribution in [2.24, 2.45) is 11.8 Å². The Kier molecular flexibility index (Phi) is 4.34. The summed E-state index contributed by atoms with van der Waals surface area (Å²) in [6.07, 6.45) is 8.99. The van der Waals surface area contributed by atoms with Crippen LogP contribution in [0.3, 0.4) is 0 Å². The predicted octanol–water partition coefficient (Wildman–Crippen LogP) is 4.05. The Morgan fingerprint density at radius 1 is 1.23 bits per heavy atom. The monoisotopic (exact) mass is 182 g/mol. The Hall–Kier alpha value is -0.460. The van der Waals surface area contributed by atoms with E-state index >= 15 is 0 Å². The summed E-state index contributed by atoms with van der Waals surface area (Å²) in [5, 5.41) is 9.04. The fourth-order valence-corrected chi connectivity index (χ4v) is 2.43. The van der Waals surface area contributed by atoms with Crippen LogP contribution in [0.1, 0.15) is 52.4 Å². The van der Waals surface area contributed by atoms with Gasteiger partial charge in [0.2, 0.25) is 0 Å². The molecule has 0 heterocycles. The molecule has 1 saturated carbocycles. The van der Waals surface area contributed by atoms with Crippen LogP contribution in [0.4, 0.5) is 0 Å². The van der Waals surface area contributed by atoms with Gasteiger partial charge in [-0.3, -0.25) is 0 Å². The largest absolute Gasteiger partial charge is 0.516 e. The molecule has 0 spiro atoms. The number of hydrogen-bond acceptors (Lipinski definition) is 1. The van der Waals surface area contributed by atoms with Crippen molar-refractivity contribution in [2.45, 2.75) is 52.4 Å². The van der Waals surface area contributed by atoms with E-state index in [1.807, 2.05) is 0 Å². The maximum Gasteiger partial charge on any atom is 0.0786 e. The molecule has 13 heavy (non-hydrogen) atoms. The number of aliphatic hydroxyl groups excluding tert-OH is 1. The number of hydrogen-bond donors (Lipinski definition) is 1. The van der Waals surface area contributed by atoms with Crippen molar-refractivity contribution < 1.29 is 5.11 Å². The Bertz CT molecular complexity index is 164. The molecule has 0 bridgehead atoms. The first-order chi connectivity index (χ1) is 6.31. The molecule has 0 radical (unpaired) electrons. The van der Waals surface area contributed by atoms with Gasteiger partial charge in [-0.15, -0.1) is 0 Å². The second-order valence-corrected chi connectivity index (χ2v) is 4.18. The molecule has 1 rings (SSSR count). The van der Waals surface area contributed by atoms with Crippen LogP contribution < -0.4 is 0 Å². The van der Waals surface area contributed by atoms with E-state index in [1.165, 1.54) is 43.9 Å². The molecule has 0 aromatic rings. The second kappa shape index (κ2) is 5.31. The molecule has 0 aromatic heterocycles. The molecule has 1 aliphatic rings. The number of allylic oxidation sites excluding steroid dienone is 1. The van der Waals surface area contributed by atoms with E-state index < -0.39 is 0 Å². The van der Waals surface area contributed by atoms with E-state index in [0.29, 0.717) is 5.92 Å². The molecule has 76 valence electrons. The van der Waals surface area contributed by atoms with Crippen LogP contribution in [0.5, 0.6) is 0 Å². The molecule has 0 atom stereocenters. The lowest BCUT2D eigenvalue weighted by molar-refractivity contribution is 0.287.